The van der Waals surface area contributed by atoms with Gasteiger partial charge in [0.15, 0.2) is 0 Å². The van der Waals surface area contributed by atoms with Crippen LogP contribution in [-0.4, -0.2) is 6.36 Å². The number of halogens is 4. The monoisotopic (exact) mass is 514 g/mol. The molecular formula is C32H38F4O. The molecule has 0 heterocycles. The van der Waals surface area contributed by atoms with Crippen molar-refractivity contribution in [3.63, 3.8) is 0 Å². The number of benzene rings is 3. The Labute approximate surface area is 218 Å². The lowest BCUT2D eigenvalue weighted by molar-refractivity contribution is -0.274. The standard InChI is InChI=1S/C32H38F4O/c1-2-3-4-5-6-7-23-8-10-24(11-9-23)12-13-25-14-20-30-27(22-25)17-21-29(31(30)33)26-15-18-28(19-16-26)37-32(34,35)36/h14-24H,2-13H2,1H3/t23-,24-. The molecule has 0 radical (unpaired) electrons. The lowest BCUT2D eigenvalue weighted by atomic mass is 9.77. The minimum atomic E-state index is -4.75. The van der Waals surface area contributed by atoms with E-state index in [1.807, 2.05) is 18.2 Å². The minimum absolute atomic E-state index is 0.321. The van der Waals surface area contributed by atoms with Crippen molar-refractivity contribution in [2.75, 3.05) is 0 Å². The molecule has 0 saturated heterocycles. The molecule has 5 heteroatoms. The van der Waals surface area contributed by atoms with Gasteiger partial charge in [0.25, 0.3) is 0 Å². The van der Waals surface area contributed by atoms with E-state index in [9.17, 15) is 13.2 Å². The quantitative estimate of drug-likeness (QED) is 0.183. The molecule has 0 aliphatic heterocycles. The summed E-state index contributed by atoms with van der Waals surface area (Å²) in [7, 11) is 0. The van der Waals surface area contributed by atoms with Gasteiger partial charge in [0.2, 0.25) is 0 Å². The van der Waals surface area contributed by atoms with Crippen LogP contribution in [0.3, 0.4) is 0 Å². The molecule has 0 atom stereocenters. The fourth-order valence-corrected chi connectivity index (χ4v) is 5.77. The van der Waals surface area contributed by atoms with Crippen LogP contribution in [0.1, 0.15) is 83.1 Å². The van der Waals surface area contributed by atoms with Gasteiger partial charge in [0.05, 0.1) is 0 Å². The number of unbranched alkanes of at least 4 members (excludes halogenated alkanes) is 4. The van der Waals surface area contributed by atoms with Crippen LogP contribution in [0.4, 0.5) is 17.6 Å². The molecule has 1 aliphatic carbocycles. The minimum Gasteiger partial charge on any atom is -0.406 e. The Morgan fingerprint density at radius 2 is 1.46 bits per heavy atom. The molecule has 3 aromatic rings. The van der Waals surface area contributed by atoms with E-state index in [2.05, 4.69) is 17.7 Å². The van der Waals surface area contributed by atoms with E-state index in [1.165, 1.54) is 100 Å². The second kappa shape index (κ2) is 12.8. The van der Waals surface area contributed by atoms with Gasteiger partial charge in [-0.3, -0.25) is 0 Å². The second-order valence-corrected chi connectivity index (χ2v) is 10.7. The summed E-state index contributed by atoms with van der Waals surface area (Å²) < 4.78 is 56.4. The zero-order valence-electron chi connectivity index (χ0n) is 21.8. The molecule has 4 rings (SSSR count). The Morgan fingerprint density at radius 3 is 2.14 bits per heavy atom. The zero-order chi connectivity index (χ0) is 26.3. The molecule has 1 nitrogen and oxygen atoms in total. The first kappa shape index (κ1) is 27.5. The summed E-state index contributed by atoms with van der Waals surface area (Å²) >= 11 is 0. The van der Waals surface area contributed by atoms with Crippen molar-refractivity contribution in [3.8, 4) is 16.9 Å². The molecule has 37 heavy (non-hydrogen) atoms. The van der Waals surface area contributed by atoms with Gasteiger partial charge in [-0.1, -0.05) is 114 Å². The average molecular weight is 515 g/mol. The first-order valence-corrected chi connectivity index (χ1v) is 13.9. The summed E-state index contributed by atoms with van der Waals surface area (Å²) in [6.07, 6.45) is 11.1. The van der Waals surface area contributed by atoms with E-state index in [4.69, 9.17) is 0 Å². The molecule has 1 fully saturated rings. The van der Waals surface area contributed by atoms with Crippen LogP contribution in [0.15, 0.2) is 54.6 Å². The highest BCUT2D eigenvalue weighted by Crippen LogP contribution is 2.35. The first-order valence-electron chi connectivity index (χ1n) is 13.9. The third-order valence-corrected chi connectivity index (χ3v) is 7.94. The third kappa shape index (κ3) is 7.96. The van der Waals surface area contributed by atoms with Crippen LogP contribution in [0.25, 0.3) is 21.9 Å². The summed E-state index contributed by atoms with van der Waals surface area (Å²) in [5.74, 6) is 1.03. The topological polar surface area (TPSA) is 9.23 Å². The van der Waals surface area contributed by atoms with Crippen LogP contribution >= 0.6 is 0 Å². The van der Waals surface area contributed by atoms with E-state index >= 15 is 4.39 Å². The Hall–Kier alpha value is -2.56. The summed E-state index contributed by atoms with van der Waals surface area (Å²) in [6, 6.07) is 14.8. The Bertz CT molecular complexity index is 1130. The average Bonchev–Trinajstić information content (AvgIpc) is 2.88. The van der Waals surface area contributed by atoms with Crippen molar-refractivity contribution in [1.82, 2.24) is 0 Å². The Balaban J connectivity index is 1.31. The second-order valence-electron chi connectivity index (χ2n) is 10.7. The van der Waals surface area contributed by atoms with Crippen molar-refractivity contribution in [2.45, 2.75) is 90.3 Å². The van der Waals surface area contributed by atoms with E-state index in [0.29, 0.717) is 16.5 Å². The van der Waals surface area contributed by atoms with Crippen LogP contribution in [0.2, 0.25) is 0 Å². The van der Waals surface area contributed by atoms with Gasteiger partial charge in [0.1, 0.15) is 11.6 Å². The highest BCUT2D eigenvalue weighted by atomic mass is 19.4. The lowest BCUT2D eigenvalue weighted by Crippen LogP contribution is -2.16. The summed E-state index contributed by atoms with van der Waals surface area (Å²) in [4.78, 5) is 0. The maximum atomic E-state index is 15.3. The number of ether oxygens (including phenoxy) is 1. The first-order chi connectivity index (χ1) is 17.8. The number of aryl methyl sites for hydroxylation is 1. The smallest absolute Gasteiger partial charge is 0.406 e. The van der Waals surface area contributed by atoms with Gasteiger partial charge in [-0.2, -0.15) is 0 Å². The van der Waals surface area contributed by atoms with Crippen molar-refractivity contribution < 1.29 is 22.3 Å². The molecule has 1 aliphatic rings. The highest BCUT2D eigenvalue weighted by molar-refractivity contribution is 5.88. The van der Waals surface area contributed by atoms with Crippen LogP contribution in [0, 0.1) is 17.7 Å². The molecule has 3 aromatic carbocycles. The SMILES string of the molecule is CCCCCCC[C@H]1CC[C@H](CCc2ccc3c(F)c(-c4ccc(OC(F)(F)F)cc4)ccc3c2)CC1. The molecule has 1 saturated carbocycles. The third-order valence-electron chi connectivity index (χ3n) is 7.94. The molecule has 0 spiro atoms. The van der Waals surface area contributed by atoms with E-state index in [1.54, 1.807) is 6.07 Å². The Morgan fingerprint density at radius 1 is 0.784 bits per heavy atom. The van der Waals surface area contributed by atoms with Crippen LogP contribution in [0.5, 0.6) is 5.75 Å². The molecule has 0 N–H and O–H groups in total. The highest BCUT2D eigenvalue weighted by Gasteiger charge is 2.31. The summed E-state index contributed by atoms with van der Waals surface area (Å²) in [5, 5.41) is 1.37. The maximum Gasteiger partial charge on any atom is 0.573 e. The number of fused-ring (bicyclic) bond motifs is 1. The molecule has 0 bridgehead atoms. The van der Waals surface area contributed by atoms with Gasteiger partial charge in [-0.15, -0.1) is 13.2 Å². The fraction of sp³-hybridized carbons (Fsp3) is 0.500. The molecule has 0 aromatic heterocycles. The number of alkyl halides is 3. The van der Waals surface area contributed by atoms with Gasteiger partial charge < -0.3 is 4.74 Å². The molecular weight excluding hydrogens is 476 g/mol. The van der Waals surface area contributed by atoms with E-state index in [-0.39, 0.29) is 11.6 Å². The fourth-order valence-electron chi connectivity index (χ4n) is 5.77. The van der Waals surface area contributed by atoms with Gasteiger partial charge in [-0.05, 0) is 53.3 Å². The molecule has 0 amide bonds. The predicted octanol–water partition coefficient (Wildman–Crippen LogP) is 10.6. The largest absolute Gasteiger partial charge is 0.573 e. The molecule has 0 unspecified atom stereocenters. The Kier molecular flexibility index (Phi) is 9.50. The van der Waals surface area contributed by atoms with E-state index in [0.717, 1.165) is 23.6 Å². The van der Waals surface area contributed by atoms with Crippen LogP contribution < -0.4 is 4.74 Å². The maximum absolute atomic E-state index is 15.3. The normalized spacial score (nSPS) is 18.3. The summed E-state index contributed by atoms with van der Waals surface area (Å²) in [5.41, 5.74) is 2.10. The zero-order valence-corrected chi connectivity index (χ0v) is 21.8. The van der Waals surface area contributed by atoms with Crippen LogP contribution in [-0.2, 0) is 6.42 Å². The summed E-state index contributed by atoms with van der Waals surface area (Å²) in [6.45, 7) is 2.26. The number of hydrogen-bond donors (Lipinski definition) is 0. The van der Waals surface area contributed by atoms with E-state index < -0.39 is 6.36 Å². The van der Waals surface area contributed by atoms with Gasteiger partial charge in [0, 0.05) is 10.9 Å². The van der Waals surface area contributed by atoms with Gasteiger partial charge in [-0.25, -0.2) is 4.39 Å². The number of rotatable bonds is 11. The predicted molar refractivity (Wildman–Crippen MR) is 143 cm³/mol. The lowest BCUT2D eigenvalue weighted by Gasteiger charge is -2.28. The molecule has 200 valence electrons. The van der Waals surface area contributed by atoms with Gasteiger partial charge >= 0.3 is 6.36 Å². The number of hydrogen-bond acceptors (Lipinski definition) is 1. The van der Waals surface area contributed by atoms with Crippen molar-refractivity contribution in [1.29, 1.82) is 0 Å². The van der Waals surface area contributed by atoms with Crippen molar-refractivity contribution >= 4 is 10.8 Å². The van der Waals surface area contributed by atoms with Crippen molar-refractivity contribution in [3.05, 3.63) is 66.0 Å². The van der Waals surface area contributed by atoms with Crippen molar-refractivity contribution in [2.24, 2.45) is 11.8 Å².